The van der Waals surface area contributed by atoms with Gasteiger partial charge in [-0.15, -0.1) is 0 Å². The van der Waals surface area contributed by atoms with Gasteiger partial charge in [-0.25, -0.2) is 0 Å². The van der Waals surface area contributed by atoms with E-state index < -0.39 is 0 Å². The Balaban J connectivity index is 2.11. The molecule has 0 amide bonds. The molecule has 0 radical (unpaired) electrons. The van der Waals surface area contributed by atoms with Crippen LogP contribution in [0.4, 0.5) is 0 Å². The lowest BCUT2D eigenvalue weighted by molar-refractivity contribution is 1.01. The predicted molar refractivity (Wildman–Crippen MR) is 66.7 cm³/mol. The fourth-order valence-corrected chi connectivity index (χ4v) is 1.51. The van der Waals surface area contributed by atoms with E-state index in [2.05, 4.69) is 46.6 Å². The Labute approximate surface area is 95.0 Å². The van der Waals surface area contributed by atoms with Crippen molar-refractivity contribution in [2.45, 2.75) is 6.42 Å². The van der Waals surface area contributed by atoms with Crippen LogP contribution in [-0.4, -0.2) is 16.7 Å². The molecule has 2 aromatic rings. The van der Waals surface area contributed by atoms with E-state index in [-0.39, 0.29) is 0 Å². The van der Waals surface area contributed by atoms with Crippen LogP contribution < -0.4 is 5.73 Å². The summed E-state index contributed by atoms with van der Waals surface area (Å²) in [5.74, 6) is 0. The highest BCUT2D eigenvalue weighted by molar-refractivity contribution is 5.61. The highest BCUT2D eigenvalue weighted by atomic mass is 15.1. The fourth-order valence-electron chi connectivity index (χ4n) is 1.51. The minimum atomic E-state index is 0.697. The largest absolute Gasteiger partial charge is 0.330 e. The molecule has 0 saturated carbocycles. The van der Waals surface area contributed by atoms with E-state index in [0.717, 1.165) is 17.7 Å². The maximum atomic E-state index is 5.42. The number of rotatable bonds is 4. The molecule has 1 aromatic heterocycles. The molecule has 0 aliphatic rings. The second-order valence-electron chi connectivity index (χ2n) is 3.57. The molecule has 0 saturated heterocycles. The third kappa shape index (κ3) is 2.58. The lowest BCUT2D eigenvalue weighted by Gasteiger charge is -1.98. The van der Waals surface area contributed by atoms with Crippen LogP contribution in [0, 0.1) is 0 Å². The first-order valence-corrected chi connectivity index (χ1v) is 5.36. The van der Waals surface area contributed by atoms with E-state index in [1.807, 2.05) is 6.07 Å². The van der Waals surface area contributed by atoms with Gasteiger partial charge in [0.2, 0.25) is 0 Å². The molecule has 0 bridgehead atoms. The van der Waals surface area contributed by atoms with Crippen LogP contribution in [0.25, 0.3) is 17.3 Å². The van der Waals surface area contributed by atoms with Gasteiger partial charge in [0.15, 0.2) is 0 Å². The molecule has 2 rings (SSSR count). The molecule has 0 atom stereocenters. The quantitative estimate of drug-likeness (QED) is 0.819. The van der Waals surface area contributed by atoms with Crippen molar-refractivity contribution in [1.82, 2.24) is 10.2 Å². The molecule has 0 unspecified atom stereocenters. The number of hydrogen-bond donors (Lipinski definition) is 2. The van der Waals surface area contributed by atoms with Crippen molar-refractivity contribution >= 4 is 6.08 Å². The van der Waals surface area contributed by atoms with Gasteiger partial charge in [0.1, 0.15) is 0 Å². The van der Waals surface area contributed by atoms with E-state index >= 15 is 0 Å². The van der Waals surface area contributed by atoms with Crippen LogP contribution >= 0.6 is 0 Å². The van der Waals surface area contributed by atoms with E-state index in [1.54, 1.807) is 6.20 Å². The monoisotopic (exact) mass is 213 g/mol. The lowest BCUT2D eigenvalue weighted by atomic mass is 10.1. The Bertz CT molecular complexity index is 441. The third-order valence-corrected chi connectivity index (χ3v) is 2.37. The summed E-state index contributed by atoms with van der Waals surface area (Å²) < 4.78 is 0. The van der Waals surface area contributed by atoms with E-state index in [1.165, 1.54) is 5.56 Å². The number of benzene rings is 1. The zero-order chi connectivity index (χ0) is 11.2. The molecule has 3 N–H and O–H groups in total. The van der Waals surface area contributed by atoms with Crippen LogP contribution in [0.5, 0.6) is 0 Å². The summed E-state index contributed by atoms with van der Waals surface area (Å²) in [7, 11) is 0. The van der Waals surface area contributed by atoms with Gasteiger partial charge in [-0.3, -0.25) is 5.10 Å². The zero-order valence-corrected chi connectivity index (χ0v) is 9.06. The summed E-state index contributed by atoms with van der Waals surface area (Å²) in [4.78, 5) is 0. The average Bonchev–Trinajstić information content (AvgIpc) is 2.84. The molecule has 0 aliphatic carbocycles. The van der Waals surface area contributed by atoms with Gasteiger partial charge < -0.3 is 5.73 Å². The van der Waals surface area contributed by atoms with Crippen molar-refractivity contribution in [3.8, 4) is 11.3 Å². The SMILES string of the molecule is NCCC=Cc1ccc(-c2ccn[nH]2)cc1. The fraction of sp³-hybridized carbons (Fsp3) is 0.154. The highest BCUT2D eigenvalue weighted by Gasteiger charge is 1.96. The maximum Gasteiger partial charge on any atom is 0.0650 e. The van der Waals surface area contributed by atoms with Gasteiger partial charge in [-0.05, 0) is 30.2 Å². The van der Waals surface area contributed by atoms with E-state index in [0.29, 0.717) is 6.54 Å². The Kier molecular flexibility index (Phi) is 3.51. The first kappa shape index (κ1) is 10.6. The number of nitrogens with two attached hydrogens (primary N) is 1. The molecule has 3 heteroatoms. The number of aromatic nitrogens is 2. The van der Waals surface area contributed by atoms with Crippen molar-refractivity contribution in [2.24, 2.45) is 5.73 Å². The molecule has 1 heterocycles. The molecular weight excluding hydrogens is 198 g/mol. The van der Waals surface area contributed by atoms with Crippen molar-refractivity contribution in [1.29, 1.82) is 0 Å². The molecule has 0 spiro atoms. The summed E-state index contributed by atoms with van der Waals surface area (Å²) in [6.45, 7) is 0.697. The van der Waals surface area contributed by atoms with Crippen LogP contribution in [0.15, 0.2) is 42.6 Å². The van der Waals surface area contributed by atoms with Crippen LogP contribution in [0.3, 0.4) is 0 Å². The first-order valence-electron chi connectivity index (χ1n) is 5.36. The zero-order valence-electron chi connectivity index (χ0n) is 9.06. The Hall–Kier alpha value is -1.87. The number of nitrogens with one attached hydrogen (secondary N) is 1. The predicted octanol–water partition coefficient (Wildman–Crippen LogP) is 2.44. The molecule has 82 valence electrons. The molecule has 16 heavy (non-hydrogen) atoms. The van der Waals surface area contributed by atoms with Gasteiger partial charge >= 0.3 is 0 Å². The van der Waals surface area contributed by atoms with Crippen molar-refractivity contribution < 1.29 is 0 Å². The standard InChI is InChI=1S/C13H15N3/c14-9-2-1-3-11-4-6-12(7-5-11)13-8-10-15-16-13/h1,3-8,10H,2,9,14H2,(H,15,16). The molecular formula is C13H15N3. The first-order chi connectivity index (χ1) is 7.90. The minimum absolute atomic E-state index is 0.697. The summed E-state index contributed by atoms with van der Waals surface area (Å²) in [6.07, 6.45) is 6.85. The number of hydrogen-bond acceptors (Lipinski definition) is 2. The normalized spacial score (nSPS) is 11.1. The van der Waals surface area contributed by atoms with Gasteiger partial charge in [0.25, 0.3) is 0 Å². The number of nitrogens with zero attached hydrogens (tertiary/aromatic N) is 1. The summed E-state index contributed by atoms with van der Waals surface area (Å²) in [5, 5.41) is 6.87. The van der Waals surface area contributed by atoms with Gasteiger partial charge in [0, 0.05) is 6.20 Å². The van der Waals surface area contributed by atoms with Gasteiger partial charge in [-0.2, -0.15) is 5.10 Å². The van der Waals surface area contributed by atoms with Crippen LogP contribution in [0.1, 0.15) is 12.0 Å². The molecule has 0 aliphatic heterocycles. The second kappa shape index (κ2) is 5.28. The Morgan fingerprint density at radius 2 is 2.00 bits per heavy atom. The van der Waals surface area contributed by atoms with E-state index in [9.17, 15) is 0 Å². The Morgan fingerprint density at radius 3 is 2.62 bits per heavy atom. The lowest BCUT2D eigenvalue weighted by Crippen LogP contribution is -1.94. The van der Waals surface area contributed by atoms with E-state index in [4.69, 9.17) is 5.73 Å². The average molecular weight is 213 g/mol. The second-order valence-corrected chi connectivity index (χ2v) is 3.57. The minimum Gasteiger partial charge on any atom is -0.330 e. The third-order valence-electron chi connectivity index (χ3n) is 2.37. The summed E-state index contributed by atoms with van der Waals surface area (Å²) in [6, 6.07) is 10.3. The van der Waals surface area contributed by atoms with Crippen LogP contribution in [0.2, 0.25) is 0 Å². The van der Waals surface area contributed by atoms with Crippen molar-refractivity contribution in [3.63, 3.8) is 0 Å². The topological polar surface area (TPSA) is 54.7 Å². The molecule has 1 aromatic carbocycles. The Morgan fingerprint density at radius 1 is 1.19 bits per heavy atom. The smallest absolute Gasteiger partial charge is 0.0650 e. The molecule has 3 nitrogen and oxygen atoms in total. The number of H-pyrrole nitrogens is 1. The maximum absolute atomic E-state index is 5.42. The van der Waals surface area contributed by atoms with Gasteiger partial charge in [-0.1, -0.05) is 36.4 Å². The van der Waals surface area contributed by atoms with Gasteiger partial charge in [0.05, 0.1) is 5.69 Å². The molecule has 0 fully saturated rings. The van der Waals surface area contributed by atoms with Crippen LogP contribution in [-0.2, 0) is 0 Å². The summed E-state index contributed by atoms with van der Waals surface area (Å²) >= 11 is 0. The van der Waals surface area contributed by atoms with Crippen molar-refractivity contribution in [2.75, 3.05) is 6.54 Å². The van der Waals surface area contributed by atoms with Crippen molar-refractivity contribution in [3.05, 3.63) is 48.2 Å². The summed E-state index contributed by atoms with van der Waals surface area (Å²) in [5.41, 5.74) is 8.80. The number of aromatic amines is 1. The highest BCUT2D eigenvalue weighted by Crippen LogP contribution is 2.17.